The van der Waals surface area contributed by atoms with Crippen LogP contribution in [0.15, 0.2) is 24.3 Å². The van der Waals surface area contributed by atoms with Gasteiger partial charge in [0.1, 0.15) is 5.75 Å². The Balaban J connectivity index is 1.62. The summed E-state index contributed by atoms with van der Waals surface area (Å²) in [7, 11) is 0. The third kappa shape index (κ3) is 4.07. The van der Waals surface area contributed by atoms with E-state index in [9.17, 15) is 9.59 Å². The van der Waals surface area contributed by atoms with Crippen molar-refractivity contribution >= 4 is 28.2 Å². The van der Waals surface area contributed by atoms with Crippen LogP contribution in [0.3, 0.4) is 0 Å². The number of fused-ring (bicyclic) bond motifs is 1. The topological polar surface area (TPSA) is 68.3 Å². The molecule has 1 aromatic heterocycles. The van der Waals surface area contributed by atoms with Crippen molar-refractivity contribution in [2.75, 3.05) is 11.9 Å². The molecule has 0 bridgehead atoms. The predicted octanol–water partition coefficient (Wildman–Crippen LogP) is 4.19. The minimum atomic E-state index is -0.266. The zero-order valence-corrected chi connectivity index (χ0v) is 15.3. The van der Waals surface area contributed by atoms with Crippen LogP contribution in [0.4, 0.5) is 5.13 Å². The number of hydrogen-bond acceptors (Lipinski definition) is 5. The zero-order chi connectivity index (χ0) is 17.8. The summed E-state index contributed by atoms with van der Waals surface area (Å²) < 4.78 is 5.72. The van der Waals surface area contributed by atoms with Crippen molar-refractivity contribution in [3.8, 4) is 5.75 Å². The number of nitrogens with zero attached hydrogens (tertiary/aromatic N) is 1. The van der Waals surface area contributed by atoms with Crippen LogP contribution in [0.2, 0.25) is 0 Å². The van der Waals surface area contributed by atoms with E-state index in [0.29, 0.717) is 22.3 Å². The molecule has 1 aliphatic rings. The number of carbonyl (C=O) groups excluding carboxylic acids is 2. The van der Waals surface area contributed by atoms with Gasteiger partial charge in [0.2, 0.25) is 0 Å². The van der Waals surface area contributed by atoms with E-state index in [-0.39, 0.29) is 18.3 Å². The highest BCUT2D eigenvalue weighted by molar-refractivity contribution is 7.17. The number of carbonyl (C=O) groups is 2. The monoisotopic (exact) mass is 358 g/mol. The van der Waals surface area contributed by atoms with Crippen LogP contribution in [0.5, 0.6) is 5.75 Å². The molecule has 3 rings (SSSR count). The zero-order valence-electron chi connectivity index (χ0n) is 14.5. The molecule has 1 amide bonds. The van der Waals surface area contributed by atoms with Gasteiger partial charge in [-0.25, -0.2) is 4.98 Å². The first-order valence-corrected chi connectivity index (χ1v) is 9.44. The number of benzene rings is 1. The predicted molar refractivity (Wildman–Crippen MR) is 98.7 cm³/mol. The summed E-state index contributed by atoms with van der Waals surface area (Å²) in [5.74, 6) is 0.965. The van der Waals surface area contributed by atoms with Gasteiger partial charge in [-0.3, -0.25) is 14.9 Å². The number of ketones is 1. The van der Waals surface area contributed by atoms with Gasteiger partial charge in [0, 0.05) is 6.42 Å². The molecule has 0 spiro atoms. The minimum absolute atomic E-state index is 0.0777. The molecule has 0 fully saturated rings. The van der Waals surface area contributed by atoms with E-state index in [1.165, 1.54) is 11.3 Å². The fourth-order valence-electron chi connectivity index (χ4n) is 2.86. The highest BCUT2D eigenvalue weighted by Crippen LogP contribution is 2.30. The summed E-state index contributed by atoms with van der Waals surface area (Å²) in [5.41, 5.74) is 1.91. The summed E-state index contributed by atoms with van der Waals surface area (Å²) in [5, 5.41) is 3.22. The summed E-state index contributed by atoms with van der Waals surface area (Å²) >= 11 is 1.26. The third-order valence-electron chi connectivity index (χ3n) is 4.44. The second-order valence-electron chi connectivity index (χ2n) is 6.26. The molecule has 0 radical (unpaired) electrons. The SMILES string of the molecule is CCC(C)c1ccccc1OCC(=O)Nc1nc2c(s1)C(=O)CCC2. The van der Waals surface area contributed by atoms with Crippen LogP contribution >= 0.6 is 11.3 Å². The van der Waals surface area contributed by atoms with E-state index in [1.807, 2.05) is 24.3 Å². The Morgan fingerprint density at radius 2 is 2.16 bits per heavy atom. The summed E-state index contributed by atoms with van der Waals surface area (Å²) in [4.78, 5) is 29.1. The number of thiazole rings is 1. The first-order valence-electron chi connectivity index (χ1n) is 8.63. The van der Waals surface area contributed by atoms with Crippen LogP contribution in [0.25, 0.3) is 0 Å². The number of para-hydroxylation sites is 1. The molecule has 1 aliphatic carbocycles. The lowest BCUT2D eigenvalue weighted by atomic mass is 9.98. The molecule has 5 nitrogen and oxygen atoms in total. The highest BCUT2D eigenvalue weighted by Gasteiger charge is 2.22. The number of rotatable bonds is 6. The van der Waals surface area contributed by atoms with Gasteiger partial charge in [-0.05, 0) is 36.8 Å². The number of ether oxygens (including phenoxy) is 1. The normalized spacial score (nSPS) is 14.7. The van der Waals surface area contributed by atoms with Crippen LogP contribution in [-0.2, 0) is 11.2 Å². The average Bonchev–Trinajstić information content (AvgIpc) is 3.03. The van der Waals surface area contributed by atoms with Gasteiger partial charge < -0.3 is 4.74 Å². The van der Waals surface area contributed by atoms with Gasteiger partial charge >= 0.3 is 0 Å². The van der Waals surface area contributed by atoms with Crippen LogP contribution in [-0.4, -0.2) is 23.3 Å². The second-order valence-corrected chi connectivity index (χ2v) is 7.25. The summed E-state index contributed by atoms with van der Waals surface area (Å²) in [6.07, 6.45) is 3.20. The Labute approximate surface area is 151 Å². The van der Waals surface area contributed by atoms with Gasteiger partial charge in [-0.1, -0.05) is 43.4 Å². The molecule has 0 aliphatic heterocycles. The lowest BCUT2D eigenvalue weighted by molar-refractivity contribution is -0.118. The molecule has 25 heavy (non-hydrogen) atoms. The average molecular weight is 358 g/mol. The minimum Gasteiger partial charge on any atom is -0.483 e. The largest absolute Gasteiger partial charge is 0.483 e. The van der Waals surface area contributed by atoms with Gasteiger partial charge in [0.05, 0.1) is 10.6 Å². The second kappa shape index (κ2) is 7.78. The fourth-order valence-corrected chi connectivity index (χ4v) is 3.86. The van der Waals surface area contributed by atoms with Gasteiger partial charge in [-0.2, -0.15) is 0 Å². The standard InChI is InChI=1S/C19H22N2O3S/c1-3-12(2)13-7-4-5-10-16(13)24-11-17(23)21-19-20-14-8-6-9-15(22)18(14)25-19/h4-5,7,10,12H,3,6,8-9,11H2,1-2H3,(H,20,21,23). The number of aromatic nitrogens is 1. The number of anilines is 1. The Kier molecular flexibility index (Phi) is 5.48. The maximum absolute atomic E-state index is 12.2. The summed E-state index contributed by atoms with van der Waals surface area (Å²) in [6.45, 7) is 4.19. The van der Waals surface area contributed by atoms with E-state index in [1.54, 1.807) is 0 Å². The quantitative estimate of drug-likeness (QED) is 0.840. The Bertz CT molecular complexity index is 785. The maximum atomic E-state index is 12.2. The Morgan fingerprint density at radius 3 is 2.92 bits per heavy atom. The van der Waals surface area contributed by atoms with Crippen molar-refractivity contribution in [1.82, 2.24) is 4.98 Å². The molecule has 1 heterocycles. The van der Waals surface area contributed by atoms with Crippen molar-refractivity contribution in [2.24, 2.45) is 0 Å². The number of amides is 1. The number of Topliss-reactive ketones (excluding diaryl/α,β-unsaturated/α-hetero) is 1. The van der Waals surface area contributed by atoms with E-state index < -0.39 is 0 Å². The lowest BCUT2D eigenvalue weighted by Gasteiger charge is -2.15. The molecule has 1 N–H and O–H groups in total. The number of hydrogen-bond donors (Lipinski definition) is 1. The van der Waals surface area contributed by atoms with E-state index in [2.05, 4.69) is 24.1 Å². The van der Waals surface area contributed by atoms with Crippen LogP contribution in [0, 0.1) is 0 Å². The van der Waals surface area contributed by atoms with Crippen LogP contribution < -0.4 is 10.1 Å². The molecule has 0 saturated heterocycles. The molecule has 2 aromatic rings. The molecule has 132 valence electrons. The summed E-state index contributed by atoms with van der Waals surface area (Å²) in [6, 6.07) is 7.79. The molecule has 1 aromatic carbocycles. The smallest absolute Gasteiger partial charge is 0.264 e. The number of aryl methyl sites for hydroxylation is 1. The van der Waals surface area contributed by atoms with Crippen molar-refractivity contribution in [1.29, 1.82) is 0 Å². The van der Waals surface area contributed by atoms with Gasteiger partial charge in [-0.15, -0.1) is 0 Å². The van der Waals surface area contributed by atoms with E-state index in [4.69, 9.17) is 4.74 Å². The van der Waals surface area contributed by atoms with E-state index >= 15 is 0 Å². The Hall–Kier alpha value is -2.21. The highest BCUT2D eigenvalue weighted by atomic mass is 32.1. The fraction of sp³-hybridized carbons (Fsp3) is 0.421. The Morgan fingerprint density at radius 1 is 1.36 bits per heavy atom. The molecular weight excluding hydrogens is 336 g/mol. The van der Waals surface area contributed by atoms with E-state index in [0.717, 1.165) is 36.3 Å². The maximum Gasteiger partial charge on any atom is 0.264 e. The van der Waals surface area contributed by atoms with Crippen molar-refractivity contribution in [2.45, 2.75) is 45.4 Å². The molecular formula is C19H22N2O3S. The molecule has 1 unspecified atom stereocenters. The molecule has 0 saturated carbocycles. The third-order valence-corrected chi connectivity index (χ3v) is 5.49. The van der Waals surface area contributed by atoms with Crippen molar-refractivity contribution in [3.05, 3.63) is 40.4 Å². The molecule has 6 heteroatoms. The first kappa shape index (κ1) is 17.6. The van der Waals surface area contributed by atoms with Gasteiger partial charge in [0.25, 0.3) is 5.91 Å². The van der Waals surface area contributed by atoms with Crippen molar-refractivity contribution in [3.63, 3.8) is 0 Å². The van der Waals surface area contributed by atoms with Gasteiger partial charge in [0.15, 0.2) is 17.5 Å². The lowest BCUT2D eigenvalue weighted by Crippen LogP contribution is -2.20. The first-order chi connectivity index (χ1) is 12.1. The van der Waals surface area contributed by atoms with Crippen molar-refractivity contribution < 1.29 is 14.3 Å². The van der Waals surface area contributed by atoms with Crippen LogP contribution in [0.1, 0.15) is 60.0 Å². The number of nitrogens with one attached hydrogen (secondary N) is 1. The molecule has 1 atom stereocenters.